The van der Waals surface area contributed by atoms with E-state index in [2.05, 4.69) is 4.74 Å². The van der Waals surface area contributed by atoms with E-state index in [1.165, 1.54) is 12.0 Å². The molecule has 0 aromatic heterocycles. The third-order valence-corrected chi connectivity index (χ3v) is 3.90. The molecule has 0 aliphatic carbocycles. The zero-order valence-electron chi connectivity index (χ0n) is 12.4. The normalized spacial score (nSPS) is 19.0. The van der Waals surface area contributed by atoms with E-state index >= 15 is 0 Å². The van der Waals surface area contributed by atoms with Crippen LogP contribution in [-0.2, 0) is 25.5 Å². The first-order chi connectivity index (χ1) is 10.5. The highest BCUT2D eigenvalue weighted by molar-refractivity contribution is 5.90. The summed E-state index contributed by atoms with van der Waals surface area (Å²) < 4.78 is 4.64. The maximum Gasteiger partial charge on any atom is 0.326 e. The molecule has 0 saturated carbocycles. The minimum absolute atomic E-state index is 0.0157. The molecule has 6 heteroatoms. The van der Waals surface area contributed by atoms with Gasteiger partial charge in [-0.05, 0) is 18.4 Å². The van der Waals surface area contributed by atoms with E-state index in [-0.39, 0.29) is 18.9 Å². The lowest BCUT2D eigenvalue weighted by Crippen LogP contribution is -2.42. The van der Waals surface area contributed by atoms with Gasteiger partial charge in [-0.15, -0.1) is 0 Å². The molecular formula is C16H19NO5. The predicted molar refractivity (Wildman–Crippen MR) is 78.0 cm³/mol. The number of aryl methyl sites for hydroxylation is 1. The maximum absolute atomic E-state index is 12.0. The van der Waals surface area contributed by atoms with Crippen LogP contribution in [0.5, 0.6) is 0 Å². The van der Waals surface area contributed by atoms with Gasteiger partial charge in [0.2, 0.25) is 5.91 Å². The molecular weight excluding hydrogens is 286 g/mol. The van der Waals surface area contributed by atoms with E-state index < -0.39 is 23.9 Å². The van der Waals surface area contributed by atoms with Crippen LogP contribution in [0.15, 0.2) is 30.3 Å². The highest BCUT2D eigenvalue weighted by atomic mass is 16.5. The number of rotatable bonds is 6. The second kappa shape index (κ2) is 7.06. The molecule has 2 atom stereocenters. The van der Waals surface area contributed by atoms with Crippen LogP contribution in [0.1, 0.15) is 18.4 Å². The van der Waals surface area contributed by atoms with E-state index in [0.717, 1.165) is 5.56 Å². The molecule has 0 bridgehead atoms. The van der Waals surface area contributed by atoms with Crippen molar-refractivity contribution in [2.24, 2.45) is 5.92 Å². The second-order valence-electron chi connectivity index (χ2n) is 5.35. The Balaban J connectivity index is 2.03. The predicted octanol–water partition coefficient (Wildman–Crippen LogP) is 1.09. The number of carbonyl (C=O) groups is 3. The summed E-state index contributed by atoms with van der Waals surface area (Å²) in [4.78, 5) is 36.3. The fourth-order valence-electron chi connectivity index (χ4n) is 2.72. The van der Waals surface area contributed by atoms with Gasteiger partial charge in [0.25, 0.3) is 0 Å². The lowest BCUT2D eigenvalue weighted by Gasteiger charge is -2.24. The first-order valence-corrected chi connectivity index (χ1v) is 7.17. The second-order valence-corrected chi connectivity index (χ2v) is 5.35. The summed E-state index contributed by atoms with van der Waals surface area (Å²) in [5.74, 6) is -2.40. The Morgan fingerprint density at radius 2 is 2.05 bits per heavy atom. The van der Waals surface area contributed by atoms with Gasteiger partial charge in [0.05, 0.1) is 13.0 Å². The van der Waals surface area contributed by atoms with Crippen LogP contribution >= 0.6 is 0 Å². The quantitative estimate of drug-likeness (QED) is 0.795. The number of carboxylic acids is 1. The molecule has 1 aliphatic heterocycles. The molecule has 0 spiro atoms. The minimum atomic E-state index is -1.05. The van der Waals surface area contributed by atoms with Crippen molar-refractivity contribution >= 4 is 17.8 Å². The van der Waals surface area contributed by atoms with Crippen molar-refractivity contribution in [1.82, 2.24) is 4.90 Å². The Kier molecular flexibility index (Phi) is 5.14. The third kappa shape index (κ3) is 3.63. The highest BCUT2D eigenvalue weighted by Crippen LogP contribution is 2.23. The number of aliphatic carboxylic acids is 1. The van der Waals surface area contributed by atoms with Crippen molar-refractivity contribution in [3.63, 3.8) is 0 Å². The minimum Gasteiger partial charge on any atom is -0.480 e. The zero-order chi connectivity index (χ0) is 16.1. The topological polar surface area (TPSA) is 83.9 Å². The van der Waals surface area contributed by atoms with Crippen molar-refractivity contribution in [3.05, 3.63) is 35.9 Å². The molecule has 1 fully saturated rings. The number of benzene rings is 1. The molecule has 1 amide bonds. The van der Waals surface area contributed by atoms with Gasteiger partial charge in [-0.25, -0.2) is 4.79 Å². The molecule has 1 N–H and O–H groups in total. The maximum atomic E-state index is 12.0. The molecule has 22 heavy (non-hydrogen) atoms. The fraction of sp³-hybridized carbons (Fsp3) is 0.438. The first kappa shape index (κ1) is 16.0. The van der Waals surface area contributed by atoms with Gasteiger partial charge < -0.3 is 14.7 Å². The van der Waals surface area contributed by atoms with Crippen LogP contribution in [0.25, 0.3) is 0 Å². The zero-order valence-corrected chi connectivity index (χ0v) is 12.4. The van der Waals surface area contributed by atoms with Crippen LogP contribution in [0.4, 0.5) is 0 Å². The summed E-state index contributed by atoms with van der Waals surface area (Å²) >= 11 is 0. The van der Waals surface area contributed by atoms with Gasteiger partial charge in [0, 0.05) is 13.0 Å². The molecule has 1 heterocycles. The molecule has 0 radical (unpaired) electrons. The van der Waals surface area contributed by atoms with Crippen LogP contribution in [0.2, 0.25) is 0 Å². The summed E-state index contributed by atoms with van der Waals surface area (Å²) in [6.45, 7) is 0.108. The van der Waals surface area contributed by atoms with Crippen molar-refractivity contribution in [3.8, 4) is 0 Å². The monoisotopic (exact) mass is 305 g/mol. The van der Waals surface area contributed by atoms with E-state index in [4.69, 9.17) is 0 Å². The third-order valence-electron chi connectivity index (χ3n) is 3.90. The number of nitrogens with zero attached hydrogens (tertiary/aromatic N) is 1. The average Bonchev–Trinajstić information content (AvgIpc) is 2.89. The first-order valence-electron chi connectivity index (χ1n) is 7.17. The van der Waals surface area contributed by atoms with E-state index in [0.29, 0.717) is 12.8 Å². The number of methoxy groups -OCH3 is 1. The molecule has 1 aromatic carbocycles. The Labute approximate surface area is 128 Å². The molecule has 1 saturated heterocycles. The van der Waals surface area contributed by atoms with Gasteiger partial charge in [-0.1, -0.05) is 30.3 Å². The molecule has 2 rings (SSSR count). The summed E-state index contributed by atoms with van der Waals surface area (Å²) in [5, 5.41) is 9.40. The van der Waals surface area contributed by atoms with Crippen molar-refractivity contribution < 1.29 is 24.2 Å². The Hall–Kier alpha value is -2.37. The molecule has 118 valence electrons. The van der Waals surface area contributed by atoms with Gasteiger partial charge >= 0.3 is 11.9 Å². The van der Waals surface area contributed by atoms with Gasteiger partial charge in [-0.3, -0.25) is 9.59 Å². The van der Waals surface area contributed by atoms with Crippen LogP contribution in [0.3, 0.4) is 0 Å². The standard InChI is InChI=1S/C16H19NO5/c1-22-16(21)12-9-14(18)17(10-12)13(15(19)20)8-7-11-5-3-2-4-6-11/h2-6,12-13H,7-10H2,1H3,(H,19,20). The van der Waals surface area contributed by atoms with E-state index in [9.17, 15) is 19.5 Å². The SMILES string of the molecule is COC(=O)C1CC(=O)N(C(CCc2ccccc2)C(=O)O)C1. The Morgan fingerprint density at radius 1 is 1.36 bits per heavy atom. The smallest absolute Gasteiger partial charge is 0.326 e. The lowest BCUT2D eigenvalue weighted by molar-refractivity contribution is -0.149. The number of ether oxygens (including phenoxy) is 1. The number of hydrogen-bond donors (Lipinski definition) is 1. The Bertz CT molecular complexity index is 557. The number of carbonyl (C=O) groups excluding carboxylic acids is 2. The lowest BCUT2D eigenvalue weighted by atomic mass is 10.0. The number of likely N-dealkylation sites (tertiary alicyclic amines) is 1. The summed E-state index contributed by atoms with van der Waals surface area (Å²) in [7, 11) is 1.26. The van der Waals surface area contributed by atoms with Crippen LogP contribution < -0.4 is 0 Å². The summed E-state index contributed by atoms with van der Waals surface area (Å²) in [6.07, 6.45) is 0.894. The van der Waals surface area contributed by atoms with Crippen LogP contribution in [0, 0.1) is 5.92 Å². The Morgan fingerprint density at radius 3 is 2.64 bits per heavy atom. The number of amides is 1. The number of esters is 1. The largest absolute Gasteiger partial charge is 0.480 e. The van der Waals surface area contributed by atoms with Gasteiger partial charge in [0.1, 0.15) is 6.04 Å². The van der Waals surface area contributed by atoms with Gasteiger partial charge in [0.15, 0.2) is 0 Å². The highest BCUT2D eigenvalue weighted by Gasteiger charge is 2.40. The average molecular weight is 305 g/mol. The van der Waals surface area contributed by atoms with Crippen molar-refractivity contribution in [1.29, 1.82) is 0 Å². The molecule has 1 aliphatic rings. The molecule has 1 aromatic rings. The fourth-order valence-corrected chi connectivity index (χ4v) is 2.72. The molecule has 2 unspecified atom stereocenters. The number of hydrogen-bond acceptors (Lipinski definition) is 4. The number of carboxylic acid groups (broad SMARTS) is 1. The van der Waals surface area contributed by atoms with Crippen molar-refractivity contribution in [2.45, 2.75) is 25.3 Å². The van der Waals surface area contributed by atoms with Crippen LogP contribution in [-0.4, -0.2) is 47.5 Å². The summed E-state index contributed by atoms with van der Waals surface area (Å²) in [5.41, 5.74) is 1.02. The molecule has 6 nitrogen and oxygen atoms in total. The summed E-state index contributed by atoms with van der Waals surface area (Å²) in [6, 6.07) is 8.59. The van der Waals surface area contributed by atoms with E-state index in [1.54, 1.807) is 0 Å². The van der Waals surface area contributed by atoms with Crippen molar-refractivity contribution in [2.75, 3.05) is 13.7 Å². The van der Waals surface area contributed by atoms with Gasteiger partial charge in [-0.2, -0.15) is 0 Å². The van der Waals surface area contributed by atoms with E-state index in [1.807, 2.05) is 30.3 Å².